The molecule has 1 fully saturated rings. The van der Waals surface area contributed by atoms with Crippen LogP contribution in [0.3, 0.4) is 0 Å². The topological polar surface area (TPSA) is 84.3 Å². The first-order valence-electron chi connectivity index (χ1n) is 8.65. The van der Waals surface area contributed by atoms with Crippen LogP contribution in [0.4, 0.5) is 5.69 Å². The highest BCUT2D eigenvalue weighted by atomic mass is 32.2. The second-order valence-electron chi connectivity index (χ2n) is 6.72. The quantitative estimate of drug-likeness (QED) is 0.885. The number of imidazole rings is 1. The van der Waals surface area contributed by atoms with Crippen molar-refractivity contribution in [1.82, 2.24) is 13.9 Å². The molecule has 0 radical (unpaired) electrons. The fourth-order valence-electron chi connectivity index (χ4n) is 3.09. The average molecular weight is 376 g/mol. The van der Waals surface area contributed by atoms with Crippen LogP contribution in [-0.4, -0.2) is 41.3 Å². The molecule has 2 heterocycles. The Hall–Kier alpha value is -2.19. The van der Waals surface area contributed by atoms with E-state index < -0.39 is 10.0 Å². The Bertz CT molecular complexity index is 893. The van der Waals surface area contributed by atoms with Gasteiger partial charge in [-0.05, 0) is 38.3 Å². The summed E-state index contributed by atoms with van der Waals surface area (Å²) in [6.45, 7) is 4.36. The molecule has 0 saturated carbocycles. The van der Waals surface area contributed by atoms with Crippen molar-refractivity contribution in [2.24, 2.45) is 13.0 Å². The largest absolute Gasteiger partial charge is 0.337 e. The molecule has 1 N–H and O–H groups in total. The number of rotatable bonds is 4. The molecule has 0 spiro atoms. The van der Waals surface area contributed by atoms with E-state index in [1.165, 1.54) is 10.5 Å². The van der Waals surface area contributed by atoms with E-state index in [-0.39, 0.29) is 16.9 Å². The molecule has 8 heteroatoms. The molecule has 1 aromatic heterocycles. The molecule has 2 aromatic rings. The van der Waals surface area contributed by atoms with Crippen LogP contribution >= 0.6 is 0 Å². The number of hydrogen-bond acceptors (Lipinski definition) is 4. The van der Waals surface area contributed by atoms with Crippen LogP contribution in [0.2, 0.25) is 0 Å². The molecular weight excluding hydrogens is 352 g/mol. The number of anilines is 1. The number of para-hydroxylation sites is 1. The van der Waals surface area contributed by atoms with Gasteiger partial charge in [0, 0.05) is 37.9 Å². The molecule has 7 nitrogen and oxygen atoms in total. The summed E-state index contributed by atoms with van der Waals surface area (Å²) >= 11 is 0. The van der Waals surface area contributed by atoms with E-state index in [2.05, 4.69) is 10.3 Å². The van der Waals surface area contributed by atoms with Crippen LogP contribution in [-0.2, 0) is 21.9 Å². The predicted octanol–water partition coefficient (Wildman–Crippen LogP) is 2.08. The first-order chi connectivity index (χ1) is 12.3. The summed E-state index contributed by atoms with van der Waals surface area (Å²) in [6, 6.07) is 7.62. The van der Waals surface area contributed by atoms with Gasteiger partial charge in [-0.1, -0.05) is 18.2 Å². The van der Waals surface area contributed by atoms with Gasteiger partial charge in [-0.3, -0.25) is 4.79 Å². The summed E-state index contributed by atoms with van der Waals surface area (Å²) in [6.07, 6.45) is 2.53. The molecule has 1 aliphatic rings. The summed E-state index contributed by atoms with van der Waals surface area (Å²) in [5.41, 5.74) is 1.81. The van der Waals surface area contributed by atoms with E-state index in [9.17, 15) is 13.2 Å². The van der Waals surface area contributed by atoms with Gasteiger partial charge < -0.3 is 9.88 Å². The summed E-state index contributed by atoms with van der Waals surface area (Å²) in [5.74, 6) is 0.410. The molecule has 0 aliphatic carbocycles. The number of nitrogens with one attached hydrogen (secondary N) is 1. The first-order valence-corrected chi connectivity index (χ1v) is 10.1. The second-order valence-corrected chi connectivity index (χ2v) is 8.60. The van der Waals surface area contributed by atoms with Gasteiger partial charge in [0.25, 0.3) is 10.0 Å². The first kappa shape index (κ1) is 18.6. The molecule has 3 rings (SSSR count). The number of aryl methyl sites for hydroxylation is 3. The SMILES string of the molecule is Cc1ccccc1NC(=O)C1CCN(S(=O)(=O)c2cn(C)c(C)n2)CC1. The maximum atomic E-state index is 12.7. The summed E-state index contributed by atoms with van der Waals surface area (Å²) in [5, 5.41) is 3.02. The zero-order valence-electron chi connectivity index (χ0n) is 15.3. The summed E-state index contributed by atoms with van der Waals surface area (Å²) in [7, 11) is -1.84. The van der Waals surface area contributed by atoms with Crippen LogP contribution in [0.15, 0.2) is 35.5 Å². The number of aromatic nitrogens is 2. The normalized spacial score (nSPS) is 16.6. The van der Waals surface area contributed by atoms with Crippen molar-refractivity contribution in [1.29, 1.82) is 0 Å². The Balaban J connectivity index is 1.63. The Morgan fingerprint density at radius 3 is 2.42 bits per heavy atom. The molecule has 1 aromatic carbocycles. The number of hydrogen-bond donors (Lipinski definition) is 1. The van der Waals surface area contributed by atoms with E-state index in [1.54, 1.807) is 18.5 Å². The van der Waals surface area contributed by atoms with Crippen molar-refractivity contribution in [3.05, 3.63) is 41.9 Å². The van der Waals surface area contributed by atoms with Gasteiger partial charge in [-0.2, -0.15) is 4.31 Å². The minimum absolute atomic E-state index is 0.0509. The van der Waals surface area contributed by atoms with Crippen LogP contribution in [0, 0.1) is 19.8 Å². The van der Waals surface area contributed by atoms with E-state index in [1.807, 2.05) is 31.2 Å². The van der Waals surface area contributed by atoms with Gasteiger partial charge in [0.1, 0.15) is 5.82 Å². The lowest BCUT2D eigenvalue weighted by atomic mass is 9.97. The number of benzene rings is 1. The molecule has 1 amide bonds. The fourth-order valence-corrected chi connectivity index (χ4v) is 4.58. The van der Waals surface area contributed by atoms with Crippen molar-refractivity contribution in [3.8, 4) is 0 Å². The van der Waals surface area contributed by atoms with Gasteiger partial charge in [-0.15, -0.1) is 0 Å². The smallest absolute Gasteiger partial charge is 0.262 e. The lowest BCUT2D eigenvalue weighted by Crippen LogP contribution is -2.41. The minimum atomic E-state index is -3.61. The highest BCUT2D eigenvalue weighted by Gasteiger charge is 2.33. The highest BCUT2D eigenvalue weighted by Crippen LogP contribution is 2.25. The number of piperidine rings is 1. The Kier molecular flexibility index (Phi) is 5.15. The van der Waals surface area contributed by atoms with Crippen molar-refractivity contribution >= 4 is 21.6 Å². The zero-order chi connectivity index (χ0) is 18.9. The number of carbonyl (C=O) groups excluding carboxylic acids is 1. The molecule has 1 aliphatic heterocycles. The van der Waals surface area contributed by atoms with E-state index in [4.69, 9.17) is 0 Å². The summed E-state index contributed by atoms with van der Waals surface area (Å²) < 4.78 is 28.5. The minimum Gasteiger partial charge on any atom is -0.337 e. The maximum Gasteiger partial charge on any atom is 0.262 e. The van der Waals surface area contributed by atoms with E-state index >= 15 is 0 Å². The van der Waals surface area contributed by atoms with Crippen LogP contribution in [0.5, 0.6) is 0 Å². The molecular formula is C18H24N4O3S. The molecule has 140 valence electrons. The average Bonchev–Trinajstić information content (AvgIpc) is 2.97. The summed E-state index contributed by atoms with van der Waals surface area (Å²) in [4.78, 5) is 16.6. The molecule has 0 bridgehead atoms. The lowest BCUT2D eigenvalue weighted by molar-refractivity contribution is -0.120. The molecule has 0 atom stereocenters. The molecule has 0 unspecified atom stereocenters. The van der Waals surface area contributed by atoms with Crippen LogP contribution in [0.1, 0.15) is 24.2 Å². The van der Waals surface area contributed by atoms with Crippen LogP contribution < -0.4 is 5.32 Å². The second kappa shape index (κ2) is 7.20. The Morgan fingerprint density at radius 1 is 1.19 bits per heavy atom. The van der Waals surface area contributed by atoms with Gasteiger partial charge in [-0.25, -0.2) is 13.4 Å². The third-order valence-corrected chi connectivity index (χ3v) is 6.69. The number of carbonyl (C=O) groups is 1. The standard InChI is InChI=1S/C18H24N4O3S/c1-13-6-4-5-7-16(13)20-18(23)15-8-10-22(11-9-15)26(24,25)17-12-21(3)14(2)19-17/h4-7,12,15H,8-11H2,1-3H3,(H,20,23). The number of nitrogens with zero attached hydrogens (tertiary/aromatic N) is 3. The van der Waals surface area contributed by atoms with Gasteiger partial charge in [0.15, 0.2) is 5.03 Å². The molecule has 1 saturated heterocycles. The Labute approximate surface area is 154 Å². The van der Waals surface area contributed by atoms with E-state index in [0.29, 0.717) is 31.8 Å². The zero-order valence-corrected chi connectivity index (χ0v) is 16.1. The van der Waals surface area contributed by atoms with Crippen molar-refractivity contribution in [3.63, 3.8) is 0 Å². The van der Waals surface area contributed by atoms with Gasteiger partial charge in [0.05, 0.1) is 0 Å². The number of amides is 1. The highest BCUT2D eigenvalue weighted by molar-refractivity contribution is 7.89. The third kappa shape index (κ3) is 3.66. The fraction of sp³-hybridized carbons (Fsp3) is 0.444. The van der Waals surface area contributed by atoms with Crippen molar-refractivity contribution in [2.75, 3.05) is 18.4 Å². The van der Waals surface area contributed by atoms with Gasteiger partial charge >= 0.3 is 0 Å². The monoisotopic (exact) mass is 376 g/mol. The number of sulfonamides is 1. The van der Waals surface area contributed by atoms with Crippen molar-refractivity contribution < 1.29 is 13.2 Å². The maximum absolute atomic E-state index is 12.7. The predicted molar refractivity (Wildman–Crippen MR) is 99.2 cm³/mol. The lowest BCUT2D eigenvalue weighted by Gasteiger charge is -2.30. The Morgan fingerprint density at radius 2 is 1.85 bits per heavy atom. The molecule has 26 heavy (non-hydrogen) atoms. The van der Waals surface area contributed by atoms with E-state index in [0.717, 1.165) is 11.3 Å². The third-order valence-electron chi connectivity index (χ3n) is 4.92. The van der Waals surface area contributed by atoms with Crippen molar-refractivity contribution in [2.45, 2.75) is 31.7 Å². The van der Waals surface area contributed by atoms with Crippen LogP contribution in [0.25, 0.3) is 0 Å². The van der Waals surface area contributed by atoms with Gasteiger partial charge in [0.2, 0.25) is 5.91 Å².